The van der Waals surface area contributed by atoms with Gasteiger partial charge in [0.05, 0.1) is 6.42 Å². The number of carbonyl (C=O) groups excluding carboxylic acids is 1. The lowest BCUT2D eigenvalue weighted by Crippen LogP contribution is -2.48. The highest BCUT2D eigenvalue weighted by Gasteiger charge is 2.21. The third-order valence-electron chi connectivity index (χ3n) is 4.29. The van der Waals surface area contributed by atoms with Crippen LogP contribution in [0.25, 0.3) is 0 Å². The molecule has 1 amide bonds. The third kappa shape index (κ3) is 4.56. The Morgan fingerprint density at radius 2 is 1.71 bits per heavy atom. The van der Waals surface area contributed by atoms with Crippen molar-refractivity contribution < 1.29 is 9.18 Å². The number of benzene rings is 2. The molecule has 24 heavy (non-hydrogen) atoms. The molecule has 126 valence electrons. The van der Waals surface area contributed by atoms with Crippen LogP contribution < -0.4 is 0 Å². The first kappa shape index (κ1) is 16.9. The van der Waals surface area contributed by atoms with Crippen molar-refractivity contribution in [1.82, 2.24) is 9.80 Å². The van der Waals surface area contributed by atoms with Crippen LogP contribution in [0.3, 0.4) is 0 Å². The third-order valence-corrected chi connectivity index (χ3v) is 4.54. The lowest BCUT2D eigenvalue weighted by molar-refractivity contribution is -0.132. The van der Waals surface area contributed by atoms with Gasteiger partial charge in [0.15, 0.2) is 0 Å². The monoisotopic (exact) mass is 346 g/mol. The predicted octanol–water partition coefficient (Wildman–Crippen LogP) is 3.37. The molecular formula is C19H20ClFN2O. The van der Waals surface area contributed by atoms with E-state index in [0.29, 0.717) is 13.1 Å². The number of halogens is 2. The molecule has 0 saturated carbocycles. The number of amides is 1. The number of nitrogens with zero attached hydrogens (tertiary/aromatic N) is 2. The Morgan fingerprint density at radius 3 is 2.38 bits per heavy atom. The van der Waals surface area contributed by atoms with Gasteiger partial charge in [0.25, 0.3) is 0 Å². The highest BCUT2D eigenvalue weighted by atomic mass is 35.5. The van der Waals surface area contributed by atoms with E-state index in [0.717, 1.165) is 30.2 Å². The van der Waals surface area contributed by atoms with Crippen LogP contribution in [0.4, 0.5) is 4.39 Å². The molecule has 1 aliphatic heterocycles. The first-order valence-corrected chi connectivity index (χ1v) is 8.47. The van der Waals surface area contributed by atoms with Crippen LogP contribution >= 0.6 is 11.6 Å². The van der Waals surface area contributed by atoms with Crippen LogP contribution in [-0.2, 0) is 17.8 Å². The zero-order valence-electron chi connectivity index (χ0n) is 13.4. The Labute approximate surface area is 146 Å². The first-order valence-electron chi connectivity index (χ1n) is 8.09. The van der Waals surface area contributed by atoms with Gasteiger partial charge in [-0.15, -0.1) is 0 Å². The summed E-state index contributed by atoms with van der Waals surface area (Å²) in [5.74, 6) is -0.236. The average Bonchev–Trinajstić information content (AvgIpc) is 2.57. The van der Waals surface area contributed by atoms with Gasteiger partial charge in [0.2, 0.25) is 5.91 Å². The molecule has 2 aromatic rings. The van der Waals surface area contributed by atoms with Crippen molar-refractivity contribution in [2.75, 3.05) is 26.2 Å². The summed E-state index contributed by atoms with van der Waals surface area (Å²) in [6, 6.07) is 14.1. The zero-order chi connectivity index (χ0) is 16.9. The molecule has 1 saturated heterocycles. The number of rotatable bonds is 4. The van der Waals surface area contributed by atoms with Gasteiger partial charge in [-0.3, -0.25) is 9.69 Å². The van der Waals surface area contributed by atoms with Gasteiger partial charge < -0.3 is 4.90 Å². The van der Waals surface area contributed by atoms with E-state index in [1.54, 1.807) is 12.1 Å². The number of carbonyl (C=O) groups is 1. The molecule has 0 spiro atoms. The minimum absolute atomic E-state index is 0.0618. The summed E-state index contributed by atoms with van der Waals surface area (Å²) in [6.07, 6.45) is 0.259. The summed E-state index contributed by atoms with van der Waals surface area (Å²) in [7, 11) is 0. The van der Waals surface area contributed by atoms with Gasteiger partial charge >= 0.3 is 0 Å². The van der Waals surface area contributed by atoms with E-state index in [1.165, 1.54) is 17.7 Å². The first-order chi connectivity index (χ1) is 11.6. The Kier molecular flexibility index (Phi) is 5.48. The van der Waals surface area contributed by atoms with Gasteiger partial charge in [-0.25, -0.2) is 4.39 Å². The minimum atomic E-state index is -0.298. The van der Waals surface area contributed by atoms with Crippen LogP contribution in [0.2, 0.25) is 5.02 Å². The van der Waals surface area contributed by atoms with Gasteiger partial charge in [0, 0.05) is 37.7 Å². The fourth-order valence-corrected chi connectivity index (χ4v) is 3.06. The summed E-state index contributed by atoms with van der Waals surface area (Å²) < 4.78 is 13.2. The van der Waals surface area contributed by atoms with Gasteiger partial charge in [0.1, 0.15) is 5.82 Å². The van der Waals surface area contributed by atoms with E-state index >= 15 is 0 Å². The second-order valence-electron chi connectivity index (χ2n) is 6.09. The van der Waals surface area contributed by atoms with Crippen LogP contribution in [0.5, 0.6) is 0 Å². The lowest BCUT2D eigenvalue weighted by Gasteiger charge is -2.34. The number of hydrogen-bond acceptors (Lipinski definition) is 2. The largest absolute Gasteiger partial charge is 0.340 e. The molecule has 3 rings (SSSR count). The number of piperazine rings is 1. The van der Waals surface area contributed by atoms with Crippen LogP contribution in [0, 0.1) is 5.82 Å². The fraction of sp³-hybridized carbons (Fsp3) is 0.316. The lowest BCUT2D eigenvalue weighted by atomic mass is 10.1. The van der Waals surface area contributed by atoms with E-state index in [4.69, 9.17) is 11.6 Å². The summed E-state index contributed by atoms with van der Waals surface area (Å²) in [5.41, 5.74) is 1.95. The van der Waals surface area contributed by atoms with E-state index < -0.39 is 0 Å². The van der Waals surface area contributed by atoms with Crippen molar-refractivity contribution in [3.05, 3.63) is 70.5 Å². The van der Waals surface area contributed by atoms with E-state index in [-0.39, 0.29) is 18.1 Å². The average molecular weight is 347 g/mol. The quantitative estimate of drug-likeness (QED) is 0.847. The maximum absolute atomic E-state index is 13.2. The number of hydrogen-bond donors (Lipinski definition) is 0. The second-order valence-corrected chi connectivity index (χ2v) is 6.53. The highest BCUT2D eigenvalue weighted by Crippen LogP contribution is 2.14. The van der Waals surface area contributed by atoms with Gasteiger partial charge in [-0.2, -0.15) is 0 Å². The summed E-state index contributed by atoms with van der Waals surface area (Å²) in [6.45, 7) is 3.97. The molecule has 2 aromatic carbocycles. The Balaban J connectivity index is 1.49. The van der Waals surface area contributed by atoms with Crippen molar-refractivity contribution >= 4 is 17.5 Å². The molecule has 1 heterocycles. The van der Waals surface area contributed by atoms with Gasteiger partial charge in [-0.1, -0.05) is 35.9 Å². The van der Waals surface area contributed by atoms with E-state index in [2.05, 4.69) is 4.90 Å². The molecule has 0 aliphatic carbocycles. The zero-order valence-corrected chi connectivity index (χ0v) is 14.2. The summed E-state index contributed by atoms with van der Waals surface area (Å²) in [4.78, 5) is 16.5. The van der Waals surface area contributed by atoms with E-state index in [9.17, 15) is 9.18 Å². The molecule has 0 N–H and O–H groups in total. The van der Waals surface area contributed by atoms with Gasteiger partial charge in [-0.05, 0) is 35.4 Å². The topological polar surface area (TPSA) is 23.6 Å². The maximum atomic E-state index is 13.2. The van der Waals surface area contributed by atoms with Crippen molar-refractivity contribution in [3.63, 3.8) is 0 Å². The highest BCUT2D eigenvalue weighted by molar-refractivity contribution is 6.30. The molecule has 1 fully saturated rings. The van der Waals surface area contributed by atoms with Crippen LogP contribution in [-0.4, -0.2) is 41.9 Å². The Hall–Kier alpha value is -1.91. The smallest absolute Gasteiger partial charge is 0.227 e. The standard InChI is InChI=1S/C19H20ClFN2O/c20-17-6-4-15(5-7-17)14-22-8-10-23(11-9-22)19(24)13-16-2-1-3-18(21)12-16/h1-7,12H,8-11,13-14H2. The molecule has 5 heteroatoms. The molecule has 0 unspecified atom stereocenters. The van der Waals surface area contributed by atoms with E-state index in [1.807, 2.05) is 29.2 Å². The molecule has 0 bridgehead atoms. The normalized spacial score (nSPS) is 15.5. The Morgan fingerprint density at radius 1 is 1.00 bits per heavy atom. The summed E-state index contributed by atoms with van der Waals surface area (Å²) >= 11 is 5.90. The van der Waals surface area contributed by atoms with Crippen molar-refractivity contribution in [2.45, 2.75) is 13.0 Å². The molecule has 0 aromatic heterocycles. The molecule has 0 atom stereocenters. The van der Waals surface area contributed by atoms with Crippen molar-refractivity contribution in [3.8, 4) is 0 Å². The minimum Gasteiger partial charge on any atom is -0.340 e. The fourth-order valence-electron chi connectivity index (χ4n) is 2.94. The molecular weight excluding hydrogens is 327 g/mol. The molecule has 1 aliphatic rings. The second kappa shape index (κ2) is 7.77. The van der Waals surface area contributed by atoms with Crippen LogP contribution in [0.1, 0.15) is 11.1 Å². The van der Waals surface area contributed by atoms with Crippen LogP contribution in [0.15, 0.2) is 48.5 Å². The van der Waals surface area contributed by atoms with Crippen molar-refractivity contribution in [2.24, 2.45) is 0 Å². The summed E-state index contributed by atoms with van der Waals surface area (Å²) in [5, 5.41) is 0.742. The molecule has 3 nitrogen and oxygen atoms in total. The van der Waals surface area contributed by atoms with Crippen molar-refractivity contribution in [1.29, 1.82) is 0 Å². The SMILES string of the molecule is O=C(Cc1cccc(F)c1)N1CCN(Cc2ccc(Cl)cc2)CC1. The Bertz CT molecular complexity index is 697. The maximum Gasteiger partial charge on any atom is 0.227 e. The predicted molar refractivity (Wildman–Crippen MR) is 93.4 cm³/mol. The molecule has 0 radical (unpaired) electrons.